The number of thioether (sulfide) groups is 1. The van der Waals surface area contributed by atoms with Crippen molar-refractivity contribution in [3.63, 3.8) is 0 Å². The zero-order valence-electron chi connectivity index (χ0n) is 20.4. The van der Waals surface area contributed by atoms with E-state index < -0.39 is 0 Å². The van der Waals surface area contributed by atoms with Gasteiger partial charge in [0.2, 0.25) is 0 Å². The standard InChI is InChI=1S/C28H30N4O2S/c1-5-14-31-27(18-34-24-13-9-10-20(2)15-24)29-30-28(31)35-19-26(33)25-16-21(3)32(22(25)4)17-23-11-7-6-8-12-23/h5-13,15-16H,1,14,17-19H2,2-4H3. The summed E-state index contributed by atoms with van der Waals surface area (Å²) in [7, 11) is 0. The molecule has 0 saturated heterocycles. The zero-order valence-corrected chi connectivity index (χ0v) is 21.2. The van der Waals surface area contributed by atoms with E-state index in [-0.39, 0.29) is 11.5 Å². The van der Waals surface area contributed by atoms with Crippen LogP contribution < -0.4 is 4.74 Å². The Balaban J connectivity index is 1.44. The quantitative estimate of drug-likeness (QED) is 0.152. The third-order valence-electron chi connectivity index (χ3n) is 5.85. The molecule has 0 fully saturated rings. The van der Waals surface area contributed by atoms with Crippen LogP contribution in [0.15, 0.2) is 78.5 Å². The molecule has 0 radical (unpaired) electrons. The number of ether oxygens (including phenoxy) is 1. The van der Waals surface area contributed by atoms with Crippen LogP contribution in [0.3, 0.4) is 0 Å². The van der Waals surface area contributed by atoms with Gasteiger partial charge in [0, 0.05) is 30.0 Å². The molecule has 35 heavy (non-hydrogen) atoms. The van der Waals surface area contributed by atoms with E-state index in [0.717, 1.165) is 34.8 Å². The Bertz CT molecular complexity index is 1320. The van der Waals surface area contributed by atoms with E-state index in [2.05, 4.69) is 33.5 Å². The monoisotopic (exact) mass is 486 g/mol. The van der Waals surface area contributed by atoms with Crippen molar-refractivity contribution in [1.29, 1.82) is 0 Å². The second-order valence-electron chi connectivity index (χ2n) is 8.47. The SMILES string of the molecule is C=CCn1c(COc2cccc(C)c2)nnc1SCC(=O)c1cc(C)n(Cc2ccccc2)c1C. The molecule has 0 aliphatic heterocycles. The number of ketones is 1. The molecule has 0 saturated carbocycles. The average molecular weight is 487 g/mol. The van der Waals surface area contributed by atoms with Gasteiger partial charge in [0.05, 0.1) is 5.75 Å². The number of allylic oxidation sites excluding steroid dienone is 1. The summed E-state index contributed by atoms with van der Waals surface area (Å²) < 4.78 is 10.0. The first-order chi connectivity index (χ1) is 17.0. The number of carbonyl (C=O) groups excluding carboxylic acids is 1. The maximum atomic E-state index is 13.1. The molecule has 2 aromatic heterocycles. The molecular weight excluding hydrogens is 456 g/mol. The number of aryl methyl sites for hydroxylation is 2. The van der Waals surface area contributed by atoms with E-state index in [4.69, 9.17) is 4.74 Å². The highest BCUT2D eigenvalue weighted by Gasteiger charge is 2.19. The van der Waals surface area contributed by atoms with Crippen LogP contribution in [0.4, 0.5) is 0 Å². The van der Waals surface area contributed by atoms with E-state index in [1.807, 2.05) is 73.9 Å². The summed E-state index contributed by atoms with van der Waals surface area (Å²) >= 11 is 1.39. The molecule has 0 aliphatic carbocycles. The maximum absolute atomic E-state index is 13.1. The van der Waals surface area contributed by atoms with E-state index in [9.17, 15) is 4.79 Å². The lowest BCUT2D eigenvalue weighted by atomic mass is 10.2. The number of hydrogen-bond acceptors (Lipinski definition) is 5. The van der Waals surface area contributed by atoms with Gasteiger partial charge >= 0.3 is 0 Å². The fraction of sp³-hybridized carbons (Fsp3) is 0.250. The van der Waals surface area contributed by atoms with Gasteiger partial charge in [-0.1, -0.05) is 60.3 Å². The van der Waals surface area contributed by atoms with Crippen molar-refractivity contribution in [2.45, 2.75) is 45.6 Å². The first-order valence-corrected chi connectivity index (χ1v) is 12.5. The molecule has 2 heterocycles. The Kier molecular flexibility index (Phi) is 7.87. The van der Waals surface area contributed by atoms with Crippen molar-refractivity contribution in [3.8, 4) is 5.75 Å². The van der Waals surface area contributed by atoms with Gasteiger partial charge < -0.3 is 9.30 Å². The minimum atomic E-state index is 0.0770. The molecule has 4 aromatic rings. The van der Waals surface area contributed by atoms with E-state index in [1.54, 1.807) is 6.08 Å². The maximum Gasteiger partial charge on any atom is 0.192 e. The largest absolute Gasteiger partial charge is 0.486 e. The fourth-order valence-corrected chi connectivity index (χ4v) is 4.85. The van der Waals surface area contributed by atoms with Gasteiger partial charge in [0.15, 0.2) is 16.8 Å². The first-order valence-electron chi connectivity index (χ1n) is 11.6. The van der Waals surface area contributed by atoms with Crippen molar-refractivity contribution < 1.29 is 9.53 Å². The number of carbonyl (C=O) groups is 1. The van der Waals surface area contributed by atoms with Crippen molar-refractivity contribution >= 4 is 17.5 Å². The molecule has 2 aromatic carbocycles. The lowest BCUT2D eigenvalue weighted by Gasteiger charge is -2.10. The summed E-state index contributed by atoms with van der Waals surface area (Å²) in [6.45, 7) is 11.5. The zero-order chi connectivity index (χ0) is 24.8. The van der Waals surface area contributed by atoms with Crippen LogP contribution in [0.2, 0.25) is 0 Å². The van der Waals surface area contributed by atoms with Crippen LogP contribution in [0, 0.1) is 20.8 Å². The van der Waals surface area contributed by atoms with Crippen molar-refractivity contribution in [3.05, 3.63) is 107 Å². The molecule has 0 unspecified atom stereocenters. The van der Waals surface area contributed by atoms with Crippen LogP contribution >= 0.6 is 11.8 Å². The summed E-state index contributed by atoms with van der Waals surface area (Å²) in [6, 6.07) is 20.2. The van der Waals surface area contributed by atoms with Gasteiger partial charge in [0.1, 0.15) is 12.4 Å². The summed E-state index contributed by atoms with van der Waals surface area (Å²) in [5, 5.41) is 9.31. The normalized spacial score (nSPS) is 10.9. The van der Waals surface area contributed by atoms with Crippen molar-refractivity contribution in [2.24, 2.45) is 0 Å². The predicted molar refractivity (Wildman–Crippen MR) is 140 cm³/mol. The predicted octanol–water partition coefficient (Wildman–Crippen LogP) is 5.79. The Labute approximate surface area is 210 Å². The third-order valence-corrected chi connectivity index (χ3v) is 6.82. The summed E-state index contributed by atoms with van der Waals surface area (Å²) in [4.78, 5) is 13.1. The Morgan fingerprint density at radius 1 is 1.03 bits per heavy atom. The van der Waals surface area contributed by atoms with Crippen molar-refractivity contribution in [2.75, 3.05) is 5.75 Å². The van der Waals surface area contributed by atoms with Crippen LogP contribution in [-0.4, -0.2) is 30.9 Å². The summed E-state index contributed by atoms with van der Waals surface area (Å²) in [5.74, 6) is 1.84. The van der Waals surface area contributed by atoms with Gasteiger partial charge in [0.25, 0.3) is 0 Å². The molecule has 0 spiro atoms. The Morgan fingerprint density at radius 2 is 1.83 bits per heavy atom. The lowest BCUT2D eigenvalue weighted by molar-refractivity contribution is 0.102. The summed E-state index contributed by atoms with van der Waals surface area (Å²) in [5.41, 5.74) is 5.15. The van der Waals surface area contributed by atoms with Gasteiger partial charge in [-0.2, -0.15) is 0 Å². The topological polar surface area (TPSA) is 61.9 Å². The number of Topliss-reactive ketones (excluding diaryl/α,β-unsaturated/α-hetero) is 1. The highest BCUT2D eigenvalue weighted by molar-refractivity contribution is 7.99. The fourth-order valence-electron chi connectivity index (χ4n) is 4.00. The van der Waals surface area contributed by atoms with Gasteiger partial charge in [-0.25, -0.2) is 0 Å². The first kappa shape index (κ1) is 24.5. The number of rotatable bonds is 11. The number of hydrogen-bond donors (Lipinski definition) is 0. The molecule has 0 N–H and O–H groups in total. The molecule has 7 heteroatoms. The van der Waals surface area contributed by atoms with Crippen LogP contribution in [0.1, 0.15) is 38.7 Å². The van der Waals surface area contributed by atoms with E-state index in [0.29, 0.717) is 24.1 Å². The smallest absolute Gasteiger partial charge is 0.192 e. The van der Waals surface area contributed by atoms with E-state index in [1.165, 1.54) is 17.3 Å². The second kappa shape index (κ2) is 11.2. The van der Waals surface area contributed by atoms with Crippen molar-refractivity contribution in [1.82, 2.24) is 19.3 Å². The van der Waals surface area contributed by atoms with Crippen LogP contribution in [0.25, 0.3) is 0 Å². The van der Waals surface area contributed by atoms with Crippen LogP contribution in [0.5, 0.6) is 5.75 Å². The molecule has 6 nitrogen and oxygen atoms in total. The number of benzene rings is 2. The molecule has 0 aliphatic rings. The average Bonchev–Trinajstić information content (AvgIpc) is 3.37. The second-order valence-corrected chi connectivity index (χ2v) is 9.41. The minimum absolute atomic E-state index is 0.0770. The van der Waals surface area contributed by atoms with Gasteiger partial charge in [-0.15, -0.1) is 16.8 Å². The Hall–Kier alpha value is -3.58. The minimum Gasteiger partial charge on any atom is -0.486 e. The number of nitrogens with zero attached hydrogens (tertiary/aromatic N) is 4. The summed E-state index contributed by atoms with van der Waals surface area (Å²) in [6.07, 6.45) is 1.79. The van der Waals surface area contributed by atoms with Gasteiger partial charge in [-0.05, 0) is 50.1 Å². The molecule has 0 bridgehead atoms. The third kappa shape index (κ3) is 5.92. The molecule has 0 amide bonds. The van der Waals surface area contributed by atoms with Gasteiger partial charge in [-0.3, -0.25) is 9.36 Å². The molecule has 4 rings (SSSR count). The number of aromatic nitrogens is 4. The highest BCUT2D eigenvalue weighted by atomic mass is 32.2. The molecular formula is C28H30N4O2S. The van der Waals surface area contributed by atoms with E-state index >= 15 is 0 Å². The Morgan fingerprint density at radius 3 is 2.57 bits per heavy atom. The lowest BCUT2D eigenvalue weighted by Crippen LogP contribution is -2.10. The molecule has 0 atom stereocenters. The molecule has 180 valence electrons. The van der Waals surface area contributed by atoms with Crippen LogP contribution in [-0.2, 0) is 19.7 Å². The highest BCUT2D eigenvalue weighted by Crippen LogP contribution is 2.23.